The fourth-order valence-corrected chi connectivity index (χ4v) is 5.50. The van der Waals surface area contributed by atoms with Gasteiger partial charge in [0.05, 0.1) is 17.6 Å². The summed E-state index contributed by atoms with van der Waals surface area (Å²) >= 11 is 0. The Hall–Kier alpha value is -6.35. The van der Waals surface area contributed by atoms with Crippen molar-refractivity contribution in [1.29, 1.82) is 5.26 Å². The second kappa shape index (κ2) is 27.3. The molecule has 2 aromatic rings. The van der Waals surface area contributed by atoms with E-state index in [1.807, 2.05) is 114 Å². The van der Waals surface area contributed by atoms with Gasteiger partial charge in [-0.2, -0.15) is 5.26 Å². The molecule has 1 aliphatic heterocycles. The van der Waals surface area contributed by atoms with Crippen LogP contribution in [0.2, 0.25) is 0 Å². The number of allylic oxidation sites excluding steroid dienone is 21. The fourth-order valence-electron chi connectivity index (χ4n) is 5.50. The third-order valence-corrected chi connectivity index (χ3v) is 8.63. The monoisotopic (exact) mass is 724 g/mol. The summed E-state index contributed by atoms with van der Waals surface area (Å²) in [5.74, 6) is 3.08. The maximum Gasteiger partial charge on any atom is 0.0991 e. The minimum absolute atomic E-state index is 0.0140. The van der Waals surface area contributed by atoms with Gasteiger partial charge in [-0.05, 0) is 84.3 Å². The van der Waals surface area contributed by atoms with Gasteiger partial charge < -0.3 is 4.90 Å². The second-order valence-electron chi connectivity index (χ2n) is 12.2. The highest BCUT2D eigenvalue weighted by atomic mass is 15.1. The van der Waals surface area contributed by atoms with Crippen LogP contribution < -0.4 is 10.4 Å². The first-order chi connectivity index (χ1) is 26.7. The molecule has 282 valence electrons. The van der Waals surface area contributed by atoms with Gasteiger partial charge in [-0.1, -0.05) is 192 Å². The van der Waals surface area contributed by atoms with Gasteiger partial charge >= 0.3 is 0 Å². The molecular weight excluding hydrogens is 665 g/mol. The lowest BCUT2D eigenvalue weighted by Gasteiger charge is -2.28. The minimum Gasteiger partial charge on any atom is -0.337 e. The highest BCUT2D eigenvalue weighted by molar-refractivity contribution is 5.85. The Labute approximate surface area is 333 Å². The smallest absolute Gasteiger partial charge is 0.0991 e. The Kier molecular flexibility index (Phi) is 23.2. The van der Waals surface area contributed by atoms with E-state index in [-0.39, 0.29) is 11.8 Å². The lowest BCUT2D eigenvalue weighted by atomic mass is 9.96. The average Bonchev–Trinajstić information content (AvgIpc) is 3.28. The predicted octanol–water partition coefficient (Wildman–Crippen LogP) is 12.6. The van der Waals surface area contributed by atoms with Crippen molar-refractivity contribution in [3.8, 4) is 18.4 Å². The second-order valence-corrected chi connectivity index (χ2v) is 12.2. The Balaban J connectivity index is 0.000000544. The highest BCUT2D eigenvalue weighted by Gasteiger charge is 2.16. The average molecular weight is 725 g/mol. The maximum atomic E-state index is 9.08. The van der Waals surface area contributed by atoms with Gasteiger partial charge in [0.2, 0.25) is 0 Å². The molecule has 2 heteroatoms. The van der Waals surface area contributed by atoms with Gasteiger partial charge in [0, 0.05) is 23.9 Å². The van der Waals surface area contributed by atoms with E-state index in [1.54, 1.807) is 12.2 Å². The van der Waals surface area contributed by atoms with Crippen molar-refractivity contribution in [1.82, 2.24) is 4.90 Å². The van der Waals surface area contributed by atoms with Crippen molar-refractivity contribution < 1.29 is 0 Å². The summed E-state index contributed by atoms with van der Waals surface area (Å²) in [6.45, 7) is 32.6. The zero-order valence-corrected chi connectivity index (χ0v) is 34.0. The van der Waals surface area contributed by atoms with E-state index in [1.165, 1.54) is 5.57 Å². The predicted molar refractivity (Wildman–Crippen MR) is 246 cm³/mol. The van der Waals surface area contributed by atoms with E-state index in [9.17, 15) is 0 Å². The van der Waals surface area contributed by atoms with Crippen LogP contribution in [0.15, 0.2) is 200 Å². The number of rotatable bonds is 13. The van der Waals surface area contributed by atoms with Crippen LogP contribution in [0, 0.1) is 35.5 Å². The van der Waals surface area contributed by atoms with Gasteiger partial charge in [-0.3, -0.25) is 0 Å². The first-order valence-electron chi connectivity index (χ1n) is 18.8. The molecule has 2 aromatic carbocycles. The molecule has 1 aliphatic rings. The van der Waals surface area contributed by atoms with E-state index in [2.05, 4.69) is 117 Å². The molecule has 0 saturated carbocycles. The van der Waals surface area contributed by atoms with Gasteiger partial charge in [-0.15, -0.1) is 6.42 Å². The normalized spacial score (nSPS) is 18.6. The lowest BCUT2D eigenvalue weighted by Crippen LogP contribution is -2.23. The fraction of sp³-hybridized carbons (Fsp3) is 0.189. The van der Waals surface area contributed by atoms with E-state index < -0.39 is 0 Å². The molecule has 0 bridgehead atoms. The summed E-state index contributed by atoms with van der Waals surface area (Å²) < 4.78 is 0. The number of nitriles is 1. The van der Waals surface area contributed by atoms with Crippen molar-refractivity contribution >= 4 is 23.4 Å². The Morgan fingerprint density at radius 3 is 2.35 bits per heavy atom. The molecule has 2 nitrogen and oxygen atoms in total. The van der Waals surface area contributed by atoms with Crippen molar-refractivity contribution in [2.24, 2.45) is 11.8 Å². The quantitative estimate of drug-likeness (QED) is 0.152. The van der Waals surface area contributed by atoms with Crippen LogP contribution in [0.4, 0.5) is 0 Å². The number of hydrogen-bond donors (Lipinski definition) is 0. The van der Waals surface area contributed by atoms with E-state index in [0.29, 0.717) is 5.56 Å². The number of benzene rings is 2. The maximum absolute atomic E-state index is 9.08. The number of fused-ring (bicyclic) bond motifs is 1. The Bertz CT molecular complexity index is 2130. The van der Waals surface area contributed by atoms with Gasteiger partial charge in [0.1, 0.15) is 0 Å². The van der Waals surface area contributed by atoms with Crippen molar-refractivity contribution in [2.45, 2.75) is 48.0 Å². The molecule has 3 rings (SSSR count). The standard InChI is InChI=1S/C29H27N.C22H27N.C2H6/c1-6-22(3)24(5)26(7-2)14-12-10-8-9-11-13-15-28-23(4)16-18-27-20-25(21-30)17-19-29(27)28;1-6-10-17-21-19(5)16-12-11-13-18-23(22(21)15-8-3)20(9-4)14-7-2;1-2/h2,6,8,10-20,26H,1,4,9H2,3,5H3;6-17,19H,1-2,4,18H2,3,5H3;1-2H3/b10-8-,13-11-,14-12-,24-22+,28-15+;13-11-,15-8-,16-12-,17-10+,20-14+,22-21-;. The molecule has 55 heavy (non-hydrogen) atoms. The van der Waals surface area contributed by atoms with Crippen LogP contribution in [0.1, 0.15) is 53.5 Å². The summed E-state index contributed by atoms with van der Waals surface area (Å²) in [7, 11) is 0. The molecule has 1 heterocycles. The van der Waals surface area contributed by atoms with Gasteiger partial charge in [-0.25, -0.2) is 0 Å². The third-order valence-electron chi connectivity index (χ3n) is 8.63. The van der Waals surface area contributed by atoms with Gasteiger partial charge in [0.15, 0.2) is 0 Å². The van der Waals surface area contributed by atoms with Crippen molar-refractivity contribution in [3.05, 3.63) is 216 Å². The van der Waals surface area contributed by atoms with Crippen LogP contribution in [0.25, 0.3) is 23.4 Å². The summed E-state index contributed by atoms with van der Waals surface area (Å²) in [5.41, 5.74) is 6.34. The highest BCUT2D eigenvalue weighted by Crippen LogP contribution is 2.27. The Morgan fingerprint density at radius 2 is 1.71 bits per heavy atom. The molecule has 2 unspecified atom stereocenters. The number of terminal acetylenes is 1. The van der Waals surface area contributed by atoms with Crippen LogP contribution in [-0.2, 0) is 0 Å². The Morgan fingerprint density at radius 1 is 0.964 bits per heavy atom. The van der Waals surface area contributed by atoms with Gasteiger partial charge in [0.25, 0.3) is 0 Å². The molecule has 0 saturated heterocycles. The van der Waals surface area contributed by atoms with Crippen LogP contribution in [-0.4, -0.2) is 11.4 Å². The largest absolute Gasteiger partial charge is 0.337 e. The lowest BCUT2D eigenvalue weighted by molar-refractivity contribution is 0.494. The summed E-state index contributed by atoms with van der Waals surface area (Å²) in [6.07, 6.45) is 46.9. The molecule has 2 atom stereocenters. The van der Waals surface area contributed by atoms with E-state index >= 15 is 0 Å². The molecule has 0 N–H and O–H groups in total. The SMILES string of the molecule is C#CC(/C=C\C=C/C/C=C\C=c1/c(=C)ccc2cc(C#N)ccc12)/C(C)=C(\C)C=C.C=C/C=C/C1=C(\C=C/C)N(/C(C=C)=C/C=C)C/C=C\C=C/C1C.CC. The molecule has 0 aliphatic carbocycles. The molecule has 0 radical (unpaired) electrons. The zero-order chi connectivity index (χ0) is 41.0. The minimum atomic E-state index is -0.0140. The zero-order valence-electron chi connectivity index (χ0n) is 34.0. The topological polar surface area (TPSA) is 27.0 Å². The van der Waals surface area contributed by atoms with Crippen molar-refractivity contribution in [2.75, 3.05) is 6.54 Å². The van der Waals surface area contributed by atoms with Crippen LogP contribution >= 0.6 is 0 Å². The summed E-state index contributed by atoms with van der Waals surface area (Å²) in [6, 6.07) is 11.9. The number of nitrogens with zero attached hydrogens (tertiary/aromatic N) is 2. The molecule has 0 spiro atoms. The molecular formula is C53H60N2. The summed E-state index contributed by atoms with van der Waals surface area (Å²) in [4.78, 5) is 2.25. The first-order valence-corrected chi connectivity index (χ1v) is 18.8. The molecule has 0 aromatic heterocycles. The first kappa shape index (κ1) is 46.7. The summed E-state index contributed by atoms with van der Waals surface area (Å²) in [5, 5.41) is 13.3. The third kappa shape index (κ3) is 15.3. The van der Waals surface area contributed by atoms with Crippen LogP contribution in [0.3, 0.4) is 0 Å². The van der Waals surface area contributed by atoms with Crippen molar-refractivity contribution in [3.63, 3.8) is 0 Å². The van der Waals surface area contributed by atoms with E-state index in [0.717, 1.165) is 56.7 Å². The van der Waals surface area contributed by atoms with E-state index in [4.69, 9.17) is 11.7 Å². The van der Waals surface area contributed by atoms with Crippen LogP contribution in [0.5, 0.6) is 0 Å². The number of hydrogen-bond acceptors (Lipinski definition) is 2. The molecule has 0 fully saturated rings. The molecule has 0 amide bonds.